The highest BCUT2D eigenvalue weighted by molar-refractivity contribution is 14.1. The van der Waals surface area contributed by atoms with Crippen LogP contribution in [0.15, 0.2) is 0 Å². The van der Waals surface area contributed by atoms with Crippen LogP contribution in [0.25, 0.3) is 0 Å². The monoisotopic (exact) mass is 340 g/mol. The Kier molecular flexibility index (Phi) is 4.31. The van der Waals surface area contributed by atoms with Gasteiger partial charge in [0.1, 0.15) is 10.8 Å². The lowest BCUT2D eigenvalue weighted by atomic mass is 10.0. The third kappa shape index (κ3) is 2.60. The van der Waals surface area contributed by atoms with Gasteiger partial charge in [0.25, 0.3) is 0 Å². The first kappa shape index (κ1) is 13.1. The summed E-state index contributed by atoms with van der Waals surface area (Å²) in [6.07, 6.45) is 0.805. The van der Waals surface area contributed by atoms with Crippen LogP contribution < -0.4 is 0 Å². The van der Waals surface area contributed by atoms with Crippen LogP contribution in [0.5, 0.6) is 0 Å². The highest BCUT2D eigenvalue weighted by Crippen LogP contribution is 2.28. The first-order valence-corrected chi connectivity index (χ1v) is 6.15. The number of hydrogen-bond donors (Lipinski definition) is 0. The van der Waals surface area contributed by atoms with E-state index < -0.39 is 5.60 Å². The second kappa shape index (κ2) is 4.93. The number of methoxy groups -OCH3 is 1. The first-order valence-electron chi connectivity index (χ1n) is 4.70. The zero-order chi connectivity index (χ0) is 11.6. The third-order valence-corrected chi connectivity index (χ3v) is 4.46. The van der Waals surface area contributed by atoms with Gasteiger partial charge < -0.3 is 4.74 Å². The van der Waals surface area contributed by atoms with E-state index in [9.17, 15) is 0 Å². The Hall–Kier alpha value is 0.0600. The maximum absolute atomic E-state index is 6.02. The van der Waals surface area contributed by atoms with Crippen LogP contribution in [0, 0.1) is 10.5 Å². The zero-order valence-corrected chi connectivity index (χ0v) is 12.2. The van der Waals surface area contributed by atoms with Gasteiger partial charge in [0.05, 0.1) is 9.26 Å². The molecule has 0 radical (unpaired) electrons. The van der Waals surface area contributed by atoms with Crippen molar-refractivity contribution < 1.29 is 4.74 Å². The maximum Gasteiger partial charge on any atom is 0.161 e. The number of rotatable bonds is 3. The summed E-state index contributed by atoms with van der Waals surface area (Å²) >= 11 is 8.17. The van der Waals surface area contributed by atoms with E-state index in [2.05, 4.69) is 32.6 Å². The van der Waals surface area contributed by atoms with Gasteiger partial charge in [-0.2, -0.15) is 0 Å². The van der Waals surface area contributed by atoms with Crippen LogP contribution in [0.2, 0.25) is 5.15 Å². The molecule has 0 saturated carbocycles. The van der Waals surface area contributed by atoms with E-state index in [4.69, 9.17) is 16.3 Å². The fourth-order valence-corrected chi connectivity index (χ4v) is 1.61. The average Bonchev–Trinajstić information content (AvgIpc) is 2.24. The average molecular weight is 341 g/mol. The highest BCUT2D eigenvalue weighted by atomic mass is 127. The predicted octanol–water partition coefficient (Wildman–Crippen LogP) is 3.31. The Bertz CT molecular complexity index is 343. The summed E-state index contributed by atoms with van der Waals surface area (Å²) in [5.74, 6) is 0.649. The van der Waals surface area contributed by atoms with E-state index in [0.717, 1.165) is 15.7 Å². The summed E-state index contributed by atoms with van der Waals surface area (Å²) in [5.41, 5.74) is 0.431. The molecule has 5 heteroatoms. The van der Waals surface area contributed by atoms with Gasteiger partial charge in [-0.3, -0.25) is 0 Å². The van der Waals surface area contributed by atoms with Crippen molar-refractivity contribution >= 4 is 34.2 Å². The van der Waals surface area contributed by atoms with Gasteiger partial charge in [0, 0.05) is 7.11 Å². The van der Waals surface area contributed by atoms with E-state index in [-0.39, 0.29) is 0 Å². The fraction of sp³-hybridized carbons (Fsp3) is 0.600. The Balaban J connectivity index is 3.27. The highest BCUT2D eigenvalue weighted by Gasteiger charge is 2.28. The molecular weight excluding hydrogens is 326 g/mol. The lowest BCUT2D eigenvalue weighted by Crippen LogP contribution is -2.27. The number of nitrogens with zero attached hydrogens (tertiary/aromatic N) is 2. The van der Waals surface area contributed by atoms with Gasteiger partial charge >= 0.3 is 0 Å². The largest absolute Gasteiger partial charge is 0.371 e. The quantitative estimate of drug-likeness (QED) is 0.625. The van der Waals surface area contributed by atoms with Gasteiger partial charge in [0.2, 0.25) is 0 Å². The Morgan fingerprint density at radius 2 is 2.07 bits per heavy atom. The van der Waals surface area contributed by atoms with Crippen LogP contribution in [-0.4, -0.2) is 17.1 Å². The molecule has 0 saturated heterocycles. The fourth-order valence-electron chi connectivity index (χ4n) is 1.15. The summed E-state index contributed by atoms with van der Waals surface area (Å²) in [5, 5.41) is 0.495. The molecule has 1 aromatic heterocycles. The minimum Gasteiger partial charge on any atom is -0.371 e. The molecule has 1 rings (SSSR count). The standard InChI is InChI=1S/C10H14ClIN2O/c1-5-10(3,15-4)9-13-6(2)7(12)8(11)14-9/h5H2,1-4H3. The van der Waals surface area contributed by atoms with Gasteiger partial charge in [-0.1, -0.05) is 18.5 Å². The van der Waals surface area contributed by atoms with Crippen molar-refractivity contribution in [3.8, 4) is 0 Å². The van der Waals surface area contributed by atoms with Crippen molar-refractivity contribution in [2.24, 2.45) is 0 Å². The molecule has 0 fully saturated rings. The molecule has 1 atom stereocenters. The van der Waals surface area contributed by atoms with Crippen molar-refractivity contribution in [2.75, 3.05) is 7.11 Å². The van der Waals surface area contributed by atoms with Gasteiger partial charge in [-0.25, -0.2) is 9.97 Å². The first-order chi connectivity index (χ1) is 6.94. The van der Waals surface area contributed by atoms with Crippen LogP contribution >= 0.6 is 34.2 Å². The molecule has 0 aliphatic rings. The van der Waals surface area contributed by atoms with Gasteiger partial charge in [-0.15, -0.1) is 0 Å². The summed E-state index contributed by atoms with van der Waals surface area (Å²) < 4.78 is 6.33. The van der Waals surface area contributed by atoms with Crippen molar-refractivity contribution in [2.45, 2.75) is 32.8 Å². The molecule has 1 unspecified atom stereocenters. The number of ether oxygens (including phenoxy) is 1. The van der Waals surface area contributed by atoms with E-state index >= 15 is 0 Å². The number of aryl methyl sites for hydroxylation is 1. The molecule has 0 aliphatic carbocycles. The molecule has 0 bridgehead atoms. The summed E-state index contributed by atoms with van der Waals surface area (Å²) in [6.45, 7) is 5.92. The molecule has 84 valence electrons. The van der Waals surface area contributed by atoms with E-state index in [1.165, 1.54) is 0 Å². The zero-order valence-electron chi connectivity index (χ0n) is 9.27. The molecular formula is C10H14ClIN2O. The van der Waals surface area contributed by atoms with Crippen LogP contribution in [0.4, 0.5) is 0 Å². The Morgan fingerprint density at radius 1 is 1.47 bits per heavy atom. The van der Waals surface area contributed by atoms with Crippen LogP contribution in [0.1, 0.15) is 31.8 Å². The van der Waals surface area contributed by atoms with Crippen molar-refractivity contribution in [3.63, 3.8) is 0 Å². The topological polar surface area (TPSA) is 35.0 Å². The second-order valence-corrected chi connectivity index (χ2v) is 4.96. The lowest BCUT2D eigenvalue weighted by Gasteiger charge is -2.25. The third-order valence-electron chi connectivity index (χ3n) is 2.57. The normalized spacial score (nSPS) is 15.1. The smallest absolute Gasteiger partial charge is 0.161 e. The van der Waals surface area contributed by atoms with E-state index in [0.29, 0.717) is 11.0 Å². The molecule has 0 amide bonds. The molecule has 0 aliphatic heterocycles. The number of aromatic nitrogens is 2. The SMILES string of the molecule is CCC(C)(OC)c1nc(C)c(I)c(Cl)n1. The predicted molar refractivity (Wildman–Crippen MR) is 69.1 cm³/mol. The minimum atomic E-state index is -0.460. The summed E-state index contributed by atoms with van der Waals surface area (Å²) in [7, 11) is 1.66. The molecule has 0 spiro atoms. The molecule has 1 heterocycles. The molecule has 0 aromatic carbocycles. The van der Waals surface area contributed by atoms with Crippen LogP contribution in [0.3, 0.4) is 0 Å². The van der Waals surface area contributed by atoms with Crippen molar-refractivity contribution in [1.82, 2.24) is 9.97 Å². The minimum absolute atomic E-state index is 0.460. The van der Waals surface area contributed by atoms with Crippen LogP contribution in [-0.2, 0) is 10.3 Å². The lowest BCUT2D eigenvalue weighted by molar-refractivity contribution is -0.00914. The molecule has 0 N–H and O–H groups in total. The van der Waals surface area contributed by atoms with Gasteiger partial charge in [-0.05, 0) is 42.9 Å². The molecule has 3 nitrogen and oxygen atoms in total. The maximum atomic E-state index is 6.02. The van der Waals surface area contributed by atoms with Crippen molar-refractivity contribution in [3.05, 3.63) is 20.2 Å². The Morgan fingerprint density at radius 3 is 2.47 bits per heavy atom. The number of hydrogen-bond acceptors (Lipinski definition) is 3. The second-order valence-electron chi connectivity index (χ2n) is 3.53. The Labute approximate surface area is 109 Å². The summed E-state index contributed by atoms with van der Waals surface area (Å²) in [6, 6.07) is 0. The van der Waals surface area contributed by atoms with Crippen molar-refractivity contribution in [1.29, 1.82) is 0 Å². The van der Waals surface area contributed by atoms with E-state index in [1.807, 2.05) is 20.8 Å². The van der Waals surface area contributed by atoms with E-state index in [1.54, 1.807) is 7.11 Å². The molecule has 15 heavy (non-hydrogen) atoms. The molecule has 1 aromatic rings. The number of halogens is 2. The van der Waals surface area contributed by atoms with Gasteiger partial charge in [0.15, 0.2) is 5.82 Å². The summed E-state index contributed by atoms with van der Waals surface area (Å²) in [4.78, 5) is 8.69.